The lowest BCUT2D eigenvalue weighted by Crippen LogP contribution is -2.35. The van der Waals surface area contributed by atoms with E-state index < -0.39 is 20.0 Å². The van der Waals surface area contributed by atoms with Crippen molar-refractivity contribution in [2.45, 2.75) is 23.6 Å². The van der Waals surface area contributed by atoms with Crippen LogP contribution in [0.1, 0.15) is 11.1 Å². The number of nitrogens with one attached hydrogen (secondary N) is 2. The predicted molar refractivity (Wildman–Crippen MR) is 100 cm³/mol. The summed E-state index contributed by atoms with van der Waals surface area (Å²) in [6.07, 6.45) is 0. The number of benzene rings is 2. The van der Waals surface area contributed by atoms with E-state index in [1.807, 2.05) is 13.0 Å². The van der Waals surface area contributed by atoms with Gasteiger partial charge in [-0.05, 0) is 59.1 Å². The molecule has 0 aromatic heterocycles. The van der Waals surface area contributed by atoms with Gasteiger partial charge in [0.1, 0.15) is 0 Å². The van der Waals surface area contributed by atoms with Crippen LogP contribution in [0.3, 0.4) is 0 Å². The Bertz CT molecular complexity index is 973. The van der Waals surface area contributed by atoms with E-state index in [1.54, 1.807) is 37.3 Å². The smallest absolute Gasteiger partial charge is 0.210 e. The zero-order chi connectivity index (χ0) is 18.7. The summed E-state index contributed by atoms with van der Waals surface area (Å²) < 4.78 is 54.4. The van der Waals surface area contributed by atoms with Crippen molar-refractivity contribution in [1.29, 1.82) is 0 Å². The lowest BCUT2D eigenvalue weighted by atomic mass is 10.2. The fourth-order valence-corrected chi connectivity index (χ4v) is 5.58. The minimum atomic E-state index is -3.72. The maximum atomic E-state index is 12.4. The molecule has 2 N–H and O–H groups in total. The highest BCUT2D eigenvalue weighted by molar-refractivity contribution is 9.10. The van der Waals surface area contributed by atoms with Crippen LogP contribution in [0.5, 0.6) is 0 Å². The van der Waals surface area contributed by atoms with Gasteiger partial charge in [0.2, 0.25) is 20.0 Å². The molecule has 25 heavy (non-hydrogen) atoms. The number of sulfonamides is 2. The van der Waals surface area contributed by atoms with Crippen LogP contribution < -0.4 is 9.44 Å². The number of hydrogen-bond acceptors (Lipinski definition) is 4. The van der Waals surface area contributed by atoms with Gasteiger partial charge in [0.25, 0.3) is 0 Å². The van der Waals surface area contributed by atoms with Crippen molar-refractivity contribution >= 4 is 36.0 Å². The first-order valence-corrected chi connectivity index (χ1v) is 11.2. The zero-order valence-electron chi connectivity index (χ0n) is 13.8. The standard InChI is InChI=1S/C16H19BrN2O4S2/c1-12-7-8-13(2)16(11-12)25(22,23)19-10-9-18-24(20,21)15-6-4-3-5-14(15)17/h3-8,11,18-19H,9-10H2,1-2H3. The second kappa shape index (κ2) is 7.96. The Morgan fingerprint density at radius 3 is 2.00 bits per heavy atom. The normalized spacial score (nSPS) is 12.3. The molecule has 0 aliphatic rings. The summed E-state index contributed by atoms with van der Waals surface area (Å²) in [6.45, 7) is 3.40. The molecule has 0 spiro atoms. The van der Waals surface area contributed by atoms with Gasteiger partial charge in [0, 0.05) is 17.6 Å². The van der Waals surface area contributed by atoms with E-state index in [1.165, 1.54) is 6.07 Å². The SMILES string of the molecule is Cc1ccc(C)c(S(=O)(=O)NCCNS(=O)(=O)c2ccccc2Br)c1. The third kappa shape index (κ3) is 5.11. The zero-order valence-corrected chi connectivity index (χ0v) is 17.0. The van der Waals surface area contributed by atoms with Gasteiger partial charge in [0.15, 0.2) is 0 Å². The van der Waals surface area contributed by atoms with E-state index in [0.717, 1.165) is 5.56 Å². The summed E-state index contributed by atoms with van der Waals surface area (Å²) in [5.74, 6) is 0. The minimum absolute atomic E-state index is 0.0562. The van der Waals surface area contributed by atoms with Crippen LogP contribution in [0.15, 0.2) is 56.7 Å². The Morgan fingerprint density at radius 2 is 1.40 bits per heavy atom. The molecule has 2 aromatic rings. The number of halogens is 1. The summed E-state index contributed by atoms with van der Waals surface area (Å²) in [7, 11) is -7.42. The van der Waals surface area contributed by atoms with Gasteiger partial charge >= 0.3 is 0 Å². The maximum absolute atomic E-state index is 12.4. The average Bonchev–Trinajstić information content (AvgIpc) is 2.54. The highest BCUT2D eigenvalue weighted by Gasteiger charge is 2.19. The molecule has 0 atom stereocenters. The van der Waals surface area contributed by atoms with E-state index >= 15 is 0 Å². The van der Waals surface area contributed by atoms with E-state index in [0.29, 0.717) is 10.0 Å². The molecule has 0 aliphatic heterocycles. The maximum Gasteiger partial charge on any atom is 0.241 e. The van der Waals surface area contributed by atoms with Gasteiger partial charge < -0.3 is 0 Å². The Kier molecular flexibility index (Phi) is 6.39. The molecule has 0 fully saturated rings. The molecule has 0 aliphatic carbocycles. The molecule has 0 saturated heterocycles. The summed E-state index contributed by atoms with van der Waals surface area (Å²) in [4.78, 5) is 0.300. The second-order valence-electron chi connectivity index (χ2n) is 5.49. The van der Waals surface area contributed by atoms with Crippen LogP contribution in [0.25, 0.3) is 0 Å². The lowest BCUT2D eigenvalue weighted by Gasteiger charge is -2.11. The molecule has 2 aromatic carbocycles. The molecule has 9 heteroatoms. The van der Waals surface area contributed by atoms with Gasteiger partial charge in [0.05, 0.1) is 9.79 Å². The van der Waals surface area contributed by atoms with Crippen molar-refractivity contribution in [1.82, 2.24) is 9.44 Å². The Hall–Kier alpha value is -1.26. The quantitative estimate of drug-likeness (QED) is 0.638. The third-order valence-corrected chi connectivity index (χ3v) is 7.54. The molecule has 6 nitrogen and oxygen atoms in total. The van der Waals surface area contributed by atoms with Crippen LogP contribution in [0.4, 0.5) is 0 Å². The van der Waals surface area contributed by atoms with Crippen LogP contribution in [0.2, 0.25) is 0 Å². The van der Waals surface area contributed by atoms with Gasteiger partial charge in [-0.15, -0.1) is 0 Å². The van der Waals surface area contributed by atoms with Crippen LogP contribution >= 0.6 is 15.9 Å². The highest BCUT2D eigenvalue weighted by atomic mass is 79.9. The molecule has 0 unspecified atom stereocenters. The highest BCUT2D eigenvalue weighted by Crippen LogP contribution is 2.20. The summed E-state index contributed by atoms with van der Waals surface area (Å²) >= 11 is 3.19. The van der Waals surface area contributed by atoms with Crippen molar-refractivity contribution in [3.05, 3.63) is 58.1 Å². The average molecular weight is 447 g/mol. The first-order chi connectivity index (χ1) is 11.6. The van der Waals surface area contributed by atoms with Gasteiger partial charge in [-0.1, -0.05) is 24.3 Å². The Labute approximate surface area is 156 Å². The first kappa shape index (κ1) is 20.1. The van der Waals surface area contributed by atoms with Crippen molar-refractivity contribution in [3.63, 3.8) is 0 Å². The molecule has 0 heterocycles. The van der Waals surface area contributed by atoms with Crippen LogP contribution in [-0.4, -0.2) is 29.9 Å². The summed E-state index contributed by atoms with van der Waals surface area (Å²) in [5, 5.41) is 0. The molecule has 0 radical (unpaired) electrons. The monoisotopic (exact) mass is 446 g/mol. The lowest BCUT2D eigenvalue weighted by molar-refractivity contribution is 0.570. The van der Waals surface area contributed by atoms with Crippen molar-refractivity contribution < 1.29 is 16.8 Å². The van der Waals surface area contributed by atoms with Gasteiger partial charge in [-0.3, -0.25) is 0 Å². The molecular weight excluding hydrogens is 428 g/mol. The fourth-order valence-electron chi connectivity index (χ4n) is 2.19. The predicted octanol–water partition coefficient (Wildman–Crippen LogP) is 2.32. The fraction of sp³-hybridized carbons (Fsp3) is 0.250. The largest absolute Gasteiger partial charge is 0.241 e. The topological polar surface area (TPSA) is 92.3 Å². The molecule has 0 amide bonds. The van der Waals surface area contributed by atoms with E-state index in [-0.39, 0.29) is 22.9 Å². The second-order valence-corrected chi connectivity index (χ2v) is 9.82. The number of rotatable bonds is 7. The first-order valence-electron chi connectivity index (χ1n) is 7.44. The third-order valence-electron chi connectivity index (χ3n) is 3.47. The summed E-state index contributed by atoms with van der Waals surface area (Å²) in [5.41, 5.74) is 1.47. The van der Waals surface area contributed by atoms with E-state index in [9.17, 15) is 16.8 Å². The summed E-state index contributed by atoms with van der Waals surface area (Å²) in [6, 6.07) is 11.6. The minimum Gasteiger partial charge on any atom is -0.210 e. The molecule has 0 bridgehead atoms. The van der Waals surface area contributed by atoms with E-state index in [2.05, 4.69) is 25.4 Å². The number of hydrogen-bond donors (Lipinski definition) is 2. The molecule has 136 valence electrons. The Balaban J connectivity index is 2.01. The van der Waals surface area contributed by atoms with E-state index in [4.69, 9.17) is 0 Å². The molecular formula is C16H19BrN2O4S2. The molecule has 0 saturated carbocycles. The Morgan fingerprint density at radius 1 is 0.840 bits per heavy atom. The molecule has 2 rings (SSSR count). The van der Waals surface area contributed by atoms with Gasteiger partial charge in [-0.2, -0.15) is 0 Å². The van der Waals surface area contributed by atoms with Crippen LogP contribution in [-0.2, 0) is 20.0 Å². The van der Waals surface area contributed by atoms with Crippen molar-refractivity contribution in [2.24, 2.45) is 0 Å². The van der Waals surface area contributed by atoms with Gasteiger partial charge in [-0.25, -0.2) is 26.3 Å². The number of aryl methyl sites for hydroxylation is 2. The van der Waals surface area contributed by atoms with Crippen LogP contribution in [0, 0.1) is 13.8 Å². The van der Waals surface area contributed by atoms with Crippen molar-refractivity contribution in [3.8, 4) is 0 Å². The van der Waals surface area contributed by atoms with Crippen molar-refractivity contribution in [2.75, 3.05) is 13.1 Å².